The van der Waals surface area contributed by atoms with Crippen molar-refractivity contribution in [3.05, 3.63) is 34.0 Å². The Morgan fingerprint density at radius 2 is 2.00 bits per heavy atom. The summed E-state index contributed by atoms with van der Waals surface area (Å²) >= 11 is 6.39. The second kappa shape index (κ2) is 8.80. The van der Waals surface area contributed by atoms with Gasteiger partial charge in [0, 0.05) is 5.70 Å². The van der Waals surface area contributed by atoms with Gasteiger partial charge in [-0.1, -0.05) is 18.5 Å². The van der Waals surface area contributed by atoms with E-state index in [4.69, 9.17) is 25.8 Å². The summed E-state index contributed by atoms with van der Waals surface area (Å²) < 4.78 is 16.2. The van der Waals surface area contributed by atoms with Gasteiger partial charge < -0.3 is 24.8 Å². The number of carbonyl (C=O) groups excluding carboxylic acids is 2. The highest BCUT2D eigenvalue weighted by molar-refractivity contribution is 6.32. The molecule has 142 valence electrons. The first-order chi connectivity index (χ1) is 12.4. The number of ether oxygens (including phenoxy) is 3. The van der Waals surface area contributed by atoms with E-state index in [0.717, 1.165) is 6.42 Å². The summed E-state index contributed by atoms with van der Waals surface area (Å²) in [5, 5.41) is 5.64. The molecule has 0 radical (unpaired) electrons. The normalized spacial score (nSPS) is 16.7. The third-order valence-electron chi connectivity index (χ3n) is 3.79. The molecule has 26 heavy (non-hydrogen) atoms. The predicted molar refractivity (Wildman–Crippen MR) is 97.5 cm³/mol. The van der Waals surface area contributed by atoms with Crippen molar-refractivity contribution in [2.75, 3.05) is 20.3 Å². The number of carbonyl (C=O) groups is 2. The van der Waals surface area contributed by atoms with Crippen LogP contribution in [0.25, 0.3) is 0 Å². The fraction of sp³-hybridized carbons (Fsp3) is 0.444. The molecule has 0 aromatic heterocycles. The van der Waals surface area contributed by atoms with Crippen LogP contribution in [0.5, 0.6) is 11.5 Å². The highest BCUT2D eigenvalue weighted by Crippen LogP contribution is 2.40. The molecular weight excluding hydrogens is 360 g/mol. The van der Waals surface area contributed by atoms with Crippen LogP contribution in [0.3, 0.4) is 0 Å². The smallest absolute Gasteiger partial charge is 0.337 e. The Kier molecular flexibility index (Phi) is 6.74. The topological polar surface area (TPSA) is 85.9 Å². The van der Waals surface area contributed by atoms with Gasteiger partial charge in [0.1, 0.15) is 0 Å². The van der Waals surface area contributed by atoms with Gasteiger partial charge in [0.05, 0.1) is 37.0 Å². The number of methoxy groups -OCH3 is 1. The van der Waals surface area contributed by atoms with Crippen molar-refractivity contribution < 1.29 is 23.8 Å². The minimum atomic E-state index is -0.715. The first-order valence-electron chi connectivity index (χ1n) is 8.38. The molecule has 8 heteroatoms. The van der Waals surface area contributed by atoms with Crippen LogP contribution in [0.15, 0.2) is 23.4 Å². The van der Waals surface area contributed by atoms with E-state index in [1.165, 1.54) is 7.11 Å². The molecule has 1 aromatic carbocycles. The van der Waals surface area contributed by atoms with Crippen LogP contribution in [0.4, 0.5) is 4.79 Å². The molecule has 1 aromatic rings. The van der Waals surface area contributed by atoms with Crippen molar-refractivity contribution in [3.63, 3.8) is 0 Å². The molecule has 0 aliphatic carbocycles. The van der Waals surface area contributed by atoms with Crippen LogP contribution in [-0.4, -0.2) is 32.3 Å². The first-order valence-corrected chi connectivity index (χ1v) is 8.76. The zero-order chi connectivity index (χ0) is 19.3. The number of esters is 1. The second-order valence-electron chi connectivity index (χ2n) is 5.67. The summed E-state index contributed by atoms with van der Waals surface area (Å²) in [5.74, 6) is 0.359. The minimum Gasteiger partial charge on any atom is -0.490 e. The molecule has 0 bridgehead atoms. The lowest BCUT2D eigenvalue weighted by Gasteiger charge is -2.28. The van der Waals surface area contributed by atoms with Gasteiger partial charge in [-0.05, 0) is 38.0 Å². The second-order valence-corrected chi connectivity index (χ2v) is 6.08. The number of amides is 2. The summed E-state index contributed by atoms with van der Waals surface area (Å²) in [4.78, 5) is 24.1. The molecule has 1 aliphatic rings. The van der Waals surface area contributed by atoms with Crippen LogP contribution in [0.2, 0.25) is 5.02 Å². The van der Waals surface area contributed by atoms with E-state index in [9.17, 15) is 9.59 Å². The van der Waals surface area contributed by atoms with Crippen molar-refractivity contribution in [2.45, 2.75) is 33.2 Å². The lowest BCUT2D eigenvalue weighted by atomic mass is 9.95. The van der Waals surface area contributed by atoms with Gasteiger partial charge in [-0.2, -0.15) is 0 Å². The average molecular weight is 383 g/mol. The van der Waals surface area contributed by atoms with E-state index >= 15 is 0 Å². The first kappa shape index (κ1) is 19.9. The zero-order valence-electron chi connectivity index (χ0n) is 15.3. The van der Waals surface area contributed by atoms with Gasteiger partial charge >= 0.3 is 12.0 Å². The standard InChI is InChI=1S/C18H23ClN2O5/c1-5-7-26-16-12(19)8-11(9-13(16)25-6-2)15-14(17(22)24-4)10(3)20-18(23)21-15/h8-9,15H,5-7H2,1-4H3,(H2,20,21,23). The van der Waals surface area contributed by atoms with Gasteiger partial charge in [-0.15, -0.1) is 0 Å². The number of urea groups is 1. The van der Waals surface area contributed by atoms with Gasteiger partial charge in [0.2, 0.25) is 0 Å². The zero-order valence-corrected chi connectivity index (χ0v) is 16.0. The summed E-state index contributed by atoms with van der Waals surface area (Å²) in [7, 11) is 1.29. The maximum atomic E-state index is 12.2. The third kappa shape index (κ3) is 4.22. The minimum absolute atomic E-state index is 0.299. The highest BCUT2D eigenvalue weighted by atomic mass is 35.5. The maximum absolute atomic E-state index is 12.2. The van der Waals surface area contributed by atoms with E-state index in [0.29, 0.717) is 46.6 Å². The molecule has 0 fully saturated rings. The Hall–Kier alpha value is -2.41. The quantitative estimate of drug-likeness (QED) is 0.706. The summed E-state index contributed by atoms with van der Waals surface area (Å²) in [6.45, 7) is 6.39. The van der Waals surface area contributed by atoms with Crippen molar-refractivity contribution in [1.29, 1.82) is 0 Å². The Bertz CT molecular complexity index is 733. The molecule has 2 amide bonds. The van der Waals surface area contributed by atoms with Crippen molar-refractivity contribution in [1.82, 2.24) is 10.6 Å². The van der Waals surface area contributed by atoms with Gasteiger partial charge in [-0.25, -0.2) is 9.59 Å². The van der Waals surface area contributed by atoms with Crippen molar-refractivity contribution in [3.8, 4) is 11.5 Å². The molecule has 0 saturated carbocycles. The molecule has 1 atom stereocenters. The number of hydrogen-bond donors (Lipinski definition) is 2. The number of halogens is 1. The van der Waals surface area contributed by atoms with Crippen molar-refractivity contribution >= 4 is 23.6 Å². The predicted octanol–water partition coefficient (Wildman–Crippen LogP) is 3.33. The fourth-order valence-corrected chi connectivity index (χ4v) is 2.96. The van der Waals surface area contributed by atoms with Crippen LogP contribution in [0, 0.1) is 0 Å². The monoisotopic (exact) mass is 382 g/mol. The maximum Gasteiger partial charge on any atom is 0.337 e. The number of allylic oxidation sites excluding steroid dienone is 1. The van der Waals surface area contributed by atoms with Gasteiger partial charge in [-0.3, -0.25) is 0 Å². The average Bonchev–Trinajstić information content (AvgIpc) is 2.60. The van der Waals surface area contributed by atoms with Crippen LogP contribution in [-0.2, 0) is 9.53 Å². The molecule has 7 nitrogen and oxygen atoms in total. The molecule has 0 spiro atoms. The van der Waals surface area contributed by atoms with E-state index in [2.05, 4.69) is 10.6 Å². The van der Waals surface area contributed by atoms with E-state index in [1.54, 1.807) is 19.1 Å². The van der Waals surface area contributed by atoms with Crippen LogP contribution < -0.4 is 20.1 Å². The highest BCUT2D eigenvalue weighted by Gasteiger charge is 2.33. The molecule has 1 aliphatic heterocycles. The Morgan fingerprint density at radius 1 is 1.27 bits per heavy atom. The van der Waals surface area contributed by atoms with Crippen LogP contribution in [0.1, 0.15) is 38.8 Å². The molecule has 0 saturated heterocycles. The van der Waals surface area contributed by atoms with Crippen LogP contribution >= 0.6 is 11.6 Å². The number of rotatable bonds is 7. The molecule has 2 rings (SSSR count). The van der Waals surface area contributed by atoms with E-state index < -0.39 is 18.0 Å². The van der Waals surface area contributed by atoms with Crippen molar-refractivity contribution in [2.24, 2.45) is 0 Å². The number of nitrogens with one attached hydrogen (secondary N) is 2. The van der Waals surface area contributed by atoms with Gasteiger partial charge in [0.25, 0.3) is 0 Å². The molecule has 2 N–H and O–H groups in total. The fourth-order valence-electron chi connectivity index (χ4n) is 2.69. The summed E-state index contributed by atoms with van der Waals surface area (Å²) in [6, 6.07) is 2.24. The molecular formula is C18H23ClN2O5. The summed E-state index contributed by atoms with van der Waals surface area (Å²) in [5.41, 5.74) is 1.32. The Balaban J connectivity index is 2.53. The Labute approximate surface area is 157 Å². The number of benzene rings is 1. The molecule has 1 heterocycles. The Morgan fingerprint density at radius 3 is 2.62 bits per heavy atom. The lowest BCUT2D eigenvalue weighted by molar-refractivity contribution is -0.136. The number of hydrogen-bond acceptors (Lipinski definition) is 5. The SMILES string of the molecule is CCCOc1c(Cl)cc(C2NC(=O)NC(C)=C2C(=O)OC)cc1OCC. The van der Waals surface area contributed by atoms with E-state index in [1.807, 2.05) is 13.8 Å². The molecule has 1 unspecified atom stereocenters. The lowest BCUT2D eigenvalue weighted by Crippen LogP contribution is -2.45. The third-order valence-corrected chi connectivity index (χ3v) is 4.07. The van der Waals surface area contributed by atoms with E-state index in [-0.39, 0.29) is 0 Å². The largest absolute Gasteiger partial charge is 0.490 e. The summed E-state index contributed by atoms with van der Waals surface area (Å²) in [6.07, 6.45) is 0.822. The van der Waals surface area contributed by atoms with Gasteiger partial charge in [0.15, 0.2) is 11.5 Å².